The van der Waals surface area contributed by atoms with Gasteiger partial charge in [0.05, 0.1) is 11.6 Å². The van der Waals surface area contributed by atoms with Crippen LogP contribution in [0, 0.1) is 0 Å². The zero-order valence-corrected chi connectivity index (χ0v) is 15.6. The van der Waals surface area contributed by atoms with Gasteiger partial charge in [0, 0.05) is 21.4 Å². The van der Waals surface area contributed by atoms with Gasteiger partial charge in [-0.3, -0.25) is 4.79 Å². The van der Waals surface area contributed by atoms with Crippen molar-refractivity contribution in [2.75, 3.05) is 5.32 Å². The molecule has 1 atom stereocenters. The fourth-order valence-corrected chi connectivity index (χ4v) is 3.25. The van der Waals surface area contributed by atoms with E-state index in [0.717, 1.165) is 5.56 Å². The SMILES string of the molecule is CC1=C(C(=O)Nc2cccc(Cl)c2)[C@H](c2ccc(Cl)cc2)NC(=S)N1. The van der Waals surface area contributed by atoms with E-state index < -0.39 is 0 Å². The van der Waals surface area contributed by atoms with E-state index >= 15 is 0 Å². The molecule has 0 bridgehead atoms. The highest BCUT2D eigenvalue weighted by Gasteiger charge is 2.29. The van der Waals surface area contributed by atoms with Crippen LogP contribution in [0.1, 0.15) is 18.5 Å². The zero-order chi connectivity index (χ0) is 18.0. The molecule has 0 aliphatic carbocycles. The molecule has 128 valence electrons. The molecular formula is C18H15Cl2N3OS. The van der Waals surface area contributed by atoms with Gasteiger partial charge in [-0.15, -0.1) is 0 Å². The molecule has 1 aliphatic rings. The summed E-state index contributed by atoms with van der Waals surface area (Å²) in [6.45, 7) is 1.82. The Bertz CT molecular complexity index is 865. The summed E-state index contributed by atoms with van der Waals surface area (Å²) in [4.78, 5) is 12.9. The molecule has 0 radical (unpaired) electrons. The highest BCUT2D eigenvalue weighted by molar-refractivity contribution is 7.80. The van der Waals surface area contributed by atoms with Crippen molar-refractivity contribution in [1.82, 2.24) is 10.6 Å². The average molecular weight is 392 g/mol. The van der Waals surface area contributed by atoms with Gasteiger partial charge in [0.25, 0.3) is 5.91 Å². The Morgan fingerprint density at radius 3 is 2.52 bits per heavy atom. The van der Waals surface area contributed by atoms with Crippen LogP contribution in [0.25, 0.3) is 0 Å². The van der Waals surface area contributed by atoms with Gasteiger partial charge in [0.15, 0.2) is 5.11 Å². The summed E-state index contributed by atoms with van der Waals surface area (Å²) < 4.78 is 0. The Kier molecular flexibility index (Phi) is 5.27. The second-order valence-corrected chi connectivity index (χ2v) is 6.87. The number of benzene rings is 2. The summed E-state index contributed by atoms with van der Waals surface area (Å²) in [5.41, 5.74) is 2.77. The summed E-state index contributed by atoms with van der Waals surface area (Å²) >= 11 is 17.2. The first-order chi connectivity index (χ1) is 11.9. The lowest BCUT2D eigenvalue weighted by atomic mass is 9.95. The standard InChI is InChI=1S/C18H15Cl2N3OS/c1-10-15(17(24)22-14-4-2-3-13(20)9-14)16(23-18(25)21-10)11-5-7-12(19)8-6-11/h2-9,16H,1H3,(H,22,24)(H2,21,23,25)/t16-/m0/s1. The van der Waals surface area contributed by atoms with E-state index in [9.17, 15) is 4.79 Å². The minimum Gasteiger partial charge on any atom is -0.351 e. The Hall–Kier alpha value is -2.08. The minimum absolute atomic E-state index is 0.234. The molecule has 25 heavy (non-hydrogen) atoms. The van der Waals surface area contributed by atoms with Crippen LogP contribution in [0.3, 0.4) is 0 Å². The van der Waals surface area contributed by atoms with Crippen molar-refractivity contribution in [2.24, 2.45) is 0 Å². The molecule has 0 aromatic heterocycles. The number of carbonyl (C=O) groups excluding carboxylic acids is 1. The molecule has 0 spiro atoms. The van der Waals surface area contributed by atoms with Gasteiger partial charge in [0.1, 0.15) is 0 Å². The van der Waals surface area contributed by atoms with Crippen LogP contribution < -0.4 is 16.0 Å². The number of amides is 1. The largest absolute Gasteiger partial charge is 0.351 e. The van der Waals surface area contributed by atoms with Crippen molar-refractivity contribution in [3.05, 3.63) is 75.4 Å². The van der Waals surface area contributed by atoms with Crippen molar-refractivity contribution in [1.29, 1.82) is 0 Å². The average Bonchev–Trinajstić information content (AvgIpc) is 2.54. The molecule has 7 heteroatoms. The van der Waals surface area contributed by atoms with Gasteiger partial charge in [-0.25, -0.2) is 0 Å². The minimum atomic E-state index is -0.370. The first-order valence-electron chi connectivity index (χ1n) is 7.54. The molecule has 3 rings (SSSR count). The van der Waals surface area contributed by atoms with Gasteiger partial charge < -0.3 is 16.0 Å². The smallest absolute Gasteiger partial charge is 0.255 e. The molecule has 1 amide bonds. The summed E-state index contributed by atoms with van der Waals surface area (Å²) in [5, 5.41) is 10.7. The first kappa shape index (κ1) is 17.7. The van der Waals surface area contributed by atoms with E-state index in [1.807, 2.05) is 19.1 Å². The molecule has 0 saturated carbocycles. The summed E-state index contributed by atoms with van der Waals surface area (Å²) in [5.74, 6) is -0.234. The molecular weight excluding hydrogens is 377 g/mol. The monoisotopic (exact) mass is 391 g/mol. The Morgan fingerprint density at radius 1 is 1.12 bits per heavy atom. The number of anilines is 1. The first-order valence-corrected chi connectivity index (χ1v) is 8.71. The van der Waals surface area contributed by atoms with Crippen molar-refractivity contribution in [2.45, 2.75) is 13.0 Å². The van der Waals surface area contributed by atoms with E-state index in [1.54, 1.807) is 36.4 Å². The number of allylic oxidation sites excluding steroid dienone is 1. The normalized spacial score (nSPS) is 16.9. The van der Waals surface area contributed by atoms with Crippen LogP contribution in [0.2, 0.25) is 10.0 Å². The second kappa shape index (κ2) is 7.44. The lowest BCUT2D eigenvalue weighted by Gasteiger charge is -2.30. The highest BCUT2D eigenvalue weighted by atomic mass is 35.5. The van der Waals surface area contributed by atoms with E-state index in [2.05, 4.69) is 16.0 Å². The van der Waals surface area contributed by atoms with Crippen LogP contribution in [0.5, 0.6) is 0 Å². The zero-order valence-electron chi connectivity index (χ0n) is 13.3. The molecule has 4 nitrogen and oxygen atoms in total. The lowest BCUT2D eigenvalue weighted by Crippen LogP contribution is -2.45. The van der Waals surface area contributed by atoms with Crippen LogP contribution in [0.4, 0.5) is 5.69 Å². The number of halogens is 2. The quantitative estimate of drug-likeness (QED) is 0.677. The Morgan fingerprint density at radius 2 is 1.84 bits per heavy atom. The number of nitrogens with one attached hydrogen (secondary N) is 3. The Labute approximate surface area is 161 Å². The van der Waals surface area contributed by atoms with E-state index in [0.29, 0.717) is 32.1 Å². The predicted octanol–water partition coefficient (Wildman–Crippen LogP) is 4.42. The molecule has 0 unspecified atom stereocenters. The van der Waals surface area contributed by atoms with Crippen LogP contribution in [-0.4, -0.2) is 11.0 Å². The second-order valence-electron chi connectivity index (χ2n) is 5.59. The van der Waals surface area contributed by atoms with Crippen molar-refractivity contribution in [3.63, 3.8) is 0 Å². The van der Waals surface area contributed by atoms with Gasteiger partial charge in [-0.1, -0.05) is 41.4 Å². The van der Waals surface area contributed by atoms with Gasteiger partial charge in [-0.2, -0.15) is 0 Å². The molecule has 0 saturated heterocycles. The van der Waals surface area contributed by atoms with Crippen LogP contribution >= 0.6 is 35.4 Å². The number of rotatable bonds is 3. The number of hydrogen-bond donors (Lipinski definition) is 3. The Balaban J connectivity index is 1.94. The molecule has 1 aliphatic heterocycles. The maximum atomic E-state index is 12.9. The third kappa shape index (κ3) is 4.12. The molecule has 2 aromatic carbocycles. The predicted molar refractivity (Wildman–Crippen MR) is 106 cm³/mol. The van der Waals surface area contributed by atoms with Gasteiger partial charge in [0.2, 0.25) is 0 Å². The van der Waals surface area contributed by atoms with Gasteiger partial charge >= 0.3 is 0 Å². The van der Waals surface area contributed by atoms with Gasteiger partial charge in [-0.05, 0) is 55.0 Å². The van der Waals surface area contributed by atoms with Crippen molar-refractivity contribution >= 4 is 52.1 Å². The van der Waals surface area contributed by atoms with Crippen molar-refractivity contribution < 1.29 is 4.79 Å². The molecule has 0 fully saturated rings. The van der Waals surface area contributed by atoms with Crippen LogP contribution in [-0.2, 0) is 4.79 Å². The lowest BCUT2D eigenvalue weighted by molar-refractivity contribution is -0.113. The maximum Gasteiger partial charge on any atom is 0.255 e. The van der Waals surface area contributed by atoms with E-state index in [-0.39, 0.29) is 11.9 Å². The molecule has 2 aromatic rings. The topological polar surface area (TPSA) is 53.2 Å². The number of hydrogen-bond acceptors (Lipinski definition) is 2. The number of carbonyl (C=O) groups is 1. The van der Waals surface area contributed by atoms with Crippen LogP contribution in [0.15, 0.2) is 59.8 Å². The molecule has 3 N–H and O–H groups in total. The third-order valence-corrected chi connectivity index (χ3v) is 4.51. The fraction of sp³-hybridized carbons (Fsp3) is 0.111. The summed E-state index contributed by atoms with van der Waals surface area (Å²) in [6.07, 6.45) is 0. The fourth-order valence-electron chi connectivity index (χ4n) is 2.66. The third-order valence-electron chi connectivity index (χ3n) is 3.80. The van der Waals surface area contributed by atoms with E-state index in [1.165, 1.54) is 0 Å². The van der Waals surface area contributed by atoms with E-state index in [4.69, 9.17) is 35.4 Å². The number of thiocarbonyl (C=S) groups is 1. The summed E-state index contributed by atoms with van der Waals surface area (Å²) in [6, 6.07) is 13.9. The highest BCUT2D eigenvalue weighted by Crippen LogP contribution is 2.29. The van der Waals surface area contributed by atoms with Crippen molar-refractivity contribution in [3.8, 4) is 0 Å². The maximum absolute atomic E-state index is 12.9. The molecule has 1 heterocycles. The summed E-state index contributed by atoms with van der Waals surface area (Å²) in [7, 11) is 0.